The Labute approximate surface area is 150 Å². The third-order valence-corrected chi connectivity index (χ3v) is 5.13. The minimum Gasteiger partial charge on any atom is -0.468 e. The average Bonchev–Trinajstić information content (AvgIpc) is 3.15. The SMILES string of the molecule is C=CCSCCNC(=NC)NCC(c1ccco1)N1CCCCC1. The molecule has 5 nitrogen and oxygen atoms in total. The Hall–Kier alpha value is -1.40. The molecule has 0 bridgehead atoms. The maximum atomic E-state index is 5.69. The van der Waals surface area contributed by atoms with Crippen molar-refractivity contribution in [3.8, 4) is 0 Å². The molecule has 1 aliphatic heterocycles. The molecule has 1 aromatic heterocycles. The molecule has 24 heavy (non-hydrogen) atoms. The van der Waals surface area contributed by atoms with Crippen LogP contribution in [-0.2, 0) is 0 Å². The fourth-order valence-corrected chi connectivity index (χ4v) is 3.52. The van der Waals surface area contributed by atoms with Crippen molar-refractivity contribution < 1.29 is 4.42 Å². The molecule has 1 atom stereocenters. The summed E-state index contributed by atoms with van der Waals surface area (Å²) in [4.78, 5) is 6.84. The van der Waals surface area contributed by atoms with Crippen molar-refractivity contribution >= 4 is 17.7 Å². The number of hydrogen-bond donors (Lipinski definition) is 2. The number of furan rings is 1. The minimum absolute atomic E-state index is 0.258. The van der Waals surface area contributed by atoms with Gasteiger partial charge in [0, 0.05) is 31.6 Å². The topological polar surface area (TPSA) is 52.8 Å². The first kappa shape index (κ1) is 18.9. The van der Waals surface area contributed by atoms with E-state index in [-0.39, 0.29) is 6.04 Å². The monoisotopic (exact) mass is 350 g/mol. The Balaban J connectivity index is 1.83. The molecule has 1 aliphatic rings. The fourth-order valence-electron chi connectivity index (χ4n) is 2.94. The lowest BCUT2D eigenvalue weighted by Gasteiger charge is -2.33. The first-order valence-electron chi connectivity index (χ1n) is 8.75. The summed E-state index contributed by atoms with van der Waals surface area (Å²) in [5.74, 6) is 3.91. The lowest BCUT2D eigenvalue weighted by atomic mass is 10.1. The van der Waals surface area contributed by atoms with Crippen LogP contribution in [0.2, 0.25) is 0 Å². The molecular weight excluding hydrogens is 320 g/mol. The number of nitrogens with one attached hydrogen (secondary N) is 2. The van der Waals surface area contributed by atoms with Crippen LogP contribution in [-0.4, -0.2) is 55.6 Å². The highest BCUT2D eigenvalue weighted by Gasteiger charge is 2.24. The summed E-state index contributed by atoms with van der Waals surface area (Å²) in [6, 6.07) is 4.30. The van der Waals surface area contributed by atoms with E-state index in [2.05, 4.69) is 33.2 Å². The van der Waals surface area contributed by atoms with Crippen LogP contribution >= 0.6 is 11.8 Å². The second-order valence-corrected chi connectivity index (χ2v) is 7.02. The lowest BCUT2D eigenvalue weighted by molar-refractivity contribution is 0.146. The molecule has 0 amide bonds. The van der Waals surface area contributed by atoms with E-state index in [9.17, 15) is 0 Å². The van der Waals surface area contributed by atoms with E-state index < -0.39 is 0 Å². The molecule has 2 heterocycles. The molecule has 6 heteroatoms. The Bertz CT molecular complexity index is 483. The van der Waals surface area contributed by atoms with Crippen LogP contribution in [0.1, 0.15) is 31.1 Å². The highest BCUT2D eigenvalue weighted by Crippen LogP contribution is 2.24. The van der Waals surface area contributed by atoms with Gasteiger partial charge in [-0.25, -0.2) is 0 Å². The number of piperidine rings is 1. The molecule has 0 spiro atoms. The van der Waals surface area contributed by atoms with E-state index in [1.165, 1.54) is 19.3 Å². The summed E-state index contributed by atoms with van der Waals surface area (Å²) < 4.78 is 5.69. The third-order valence-electron chi connectivity index (χ3n) is 4.16. The van der Waals surface area contributed by atoms with Crippen molar-refractivity contribution in [2.24, 2.45) is 4.99 Å². The van der Waals surface area contributed by atoms with Crippen molar-refractivity contribution in [1.82, 2.24) is 15.5 Å². The van der Waals surface area contributed by atoms with Crippen molar-refractivity contribution in [1.29, 1.82) is 0 Å². The van der Waals surface area contributed by atoms with Gasteiger partial charge in [0.05, 0.1) is 12.3 Å². The zero-order valence-corrected chi connectivity index (χ0v) is 15.5. The minimum atomic E-state index is 0.258. The van der Waals surface area contributed by atoms with Gasteiger partial charge < -0.3 is 15.1 Å². The van der Waals surface area contributed by atoms with Crippen LogP contribution in [0.4, 0.5) is 0 Å². The van der Waals surface area contributed by atoms with E-state index in [1.54, 1.807) is 6.26 Å². The largest absolute Gasteiger partial charge is 0.468 e. The summed E-state index contributed by atoms with van der Waals surface area (Å²) >= 11 is 1.86. The molecule has 1 unspecified atom stereocenters. The number of nitrogens with zero attached hydrogens (tertiary/aromatic N) is 2. The van der Waals surface area contributed by atoms with E-state index in [1.807, 2.05) is 31.0 Å². The summed E-state index contributed by atoms with van der Waals surface area (Å²) in [5.41, 5.74) is 0. The number of hydrogen-bond acceptors (Lipinski definition) is 4. The fraction of sp³-hybridized carbons (Fsp3) is 0.611. The number of thioether (sulfide) groups is 1. The zero-order valence-electron chi connectivity index (χ0n) is 14.7. The van der Waals surface area contributed by atoms with Crippen molar-refractivity contribution in [3.05, 3.63) is 36.8 Å². The van der Waals surface area contributed by atoms with Crippen LogP contribution in [0.15, 0.2) is 40.5 Å². The van der Waals surface area contributed by atoms with E-state index in [4.69, 9.17) is 4.42 Å². The standard InChI is InChI=1S/C18H30N4OS/c1-3-13-24-14-9-20-18(19-2)21-15-16(17-8-7-12-23-17)22-10-5-4-6-11-22/h3,7-8,12,16H,1,4-6,9-11,13-15H2,2H3,(H2,19,20,21). The number of aliphatic imine (C=N–C) groups is 1. The normalized spacial score (nSPS) is 17.5. The predicted molar refractivity (Wildman–Crippen MR) is 104 cm³/mol. The van der Waals surface area contributed by atoms with Crippen LogP contribution in [0.25, 0.3) is 0 Å². The average molecular weight is 351 g/mol. The van der Waals surface area contributed by atoms with Gasteiger partial charge in [-0.3, -0.25) is 9.89 Å². The smallest absolute Gasteiger partial charge is 0.191 e. The van der Waals surface area contributed by atoms with E-state index >= 15 is 0 Å². The van der Waals surface area contributed by atoms with Gasteiger partial charge in [0.2, 0.25) is 0 Å². The first-order chi connectivity index (χ1) is 11.8. The number of rotatable bonds is 9. The van der Waals surface area contributed by atoms with Gasteiger partial charge in [-0.1, -0.05) is 12.5 Å². The molecule has 2 rings (SSSR count). The Kier molecular flexibility index (Phi) is 8.84. The van der Waals surface area contributed by atoms with Crippen LogP contribution in [0, 0.1) is 0 Å². The van der Waals surface area contributed by atoms with Crippen molar-refractivity contribution in [3.63, 3.8) is 0 Å². The summed E-state index contributed by atoms with van der Waals surface area (Å²) in [6.07, 6.45) is 7.57. The number of likely N-dealkylation sites (tertiary alicyclic amines) is 1. The van der Waals surface area contributed by atoms with Gasteiger partial charge in [0.15, 0.2) is 5.96 Å². The highest BCUT2D eigenvalue weighted by molar-refractivity contribution is 7.99. The maximum absolute atomic E-state index is 5.69. The molecule has 0 aliphatic carbocycles. The predicted octanol–water partition coefficient (Wildman–Crippen LogP) is 2.89. The van der Waals surface area contributed by atoms with Crippen LogP contribution in [0.5, 0.6) is 0 Å². The zero-order chi connectivity index (χ0) is 17.0. The van der Waals surface area contributed by atoms with Crippen LogP contribution in [0.3, 0.4) is 0 Å². The summed E-state index contributed by atoms with van der Waals surface area (Å²) in [6.45, 7) is 7.70. The first-order valence-corrected chi connectivity index (χ1v) is 9.91. The van der Waals surface area contributed by atoms with Crippen molar-refractivity contribution in [2.75, 3.05) is 44.7 Å². The molecule has 0 radical (unpaired) electrons. The molecule has 0 aromatic carbocycles. The van der Waals surface area contributed by atoms with E-state index in [0.717, 1.165) is 49.4 Å². The van der Waals surface area contributed by atoms with Gasteiger partial charge >= 0.3 is 0 Å². The number of guanidine groups is 1. The molecule has 0 saturated carbocycles. The van der Waals surface area contributed by atoms with Gasteiger partial charge in [-0.2, -0.15) is 11.8 Å². The van der Waals surface area contributed by atoms with Crippen LogP contribution < -0.4 is 10.6 Å². The van der Waals surface area contributed by atoms with Gasteiger partial charge in [0.1, 0.15) is 5.76 Å². The highest BCUT2D eigenvalue weighted by atomic mass is 32.2. The summed E-state index contributed by atoms with van der Waals surface area (Å²) in [7, 11) is 1.81. The Morgan fingerprint density at radius 1 is 1.42 bits per heavy atom. The van der Waals surface area contributed by atoms with Gasteiger partial charge in [0.25, 0.3) is 0 Å². The lowest BCUT2D eigenvalue weighted by Crippen LogP contribution is -2.44. The van der Waals surface area contributed by atoms with Gasteiger partial charge in [-0.05, 0) is 38.1 Å². The molecule has 134 valence electrons. The molecule has 1 saturated heterocycles. The molecule has 1 fully saturated rings. The second kappa shape index (κ2) is 11.2. The molecule has 1 aromatic rings. The maximum Gasteiger partial charge on any atom is 0.191 e. The molecule has 2 N–H and O–H groups in total. The quantitative estimate of drug-likeness (QED) is 0.310. The van der Waals surface area contributed by atoms with E-state index in [0.29, 0.717) is 0 Å². The Morgan fingerprint density at radius 3 is 2.92 bits per heavy atom. The third kappa shape index (κ3) is 6.24. The molecular formula is C18H30N4OS. The summed E-state index contributed by atoms with van der Waals surface area (Å²) in [5, 5.41) is 6.82. The second-order valence-electron chi connectivity index (χ2n) is 5.87. The Morgan fingerprint density at radius 2 is 2.25 bits per heavy atom. The van der Waals surface area contributed by atoms with Gasteiger partial charge in [-0.15, -0.1) is 6.58 Å². The van der Waals surface area contributed by atoms with Crippen molar-refractivity contribution in [2.45, 2.75) is 25.3 Å².